The summed E-state index contributed by atoms with van der Waals surface area (Å²) in [5, 5.41) is 2.93. The molecule has 0 radical (unpaired) electrons. The summed E-state index contributed by atoms with van der Waals surface area (Å²) in [4.78, 5) is 44.1. The van der Waals surface area contributed by atoms with Crippen molar-refractivity contribution in [3.8, 4) is 0 Å². The number of halogens is 3. The molecule has 1 aliphatic rings. The quantitative estimate of drug-likeness (QED) is 0.235. The molecular weight excluding hydrogens is 621 g/mol. The molecule has 0 N–H and O–H groups in total. The monoisotopic (exact) mass is 661 g/mol. The van der Waals surface area contributed by atoms with Crippen LogP contribution < -0.4 is 0 Å². The lowest BCUT2D eigenvalue weighted by Crippen LogP contribution is -2.44. The third-order valence-corrected chi connectivity index (χ3v) is 8.85. The molecule has 0 amide bonds. The van der Waals surface area contributed by atoms with E-state index < -0.39 is 46.1 Å². The maximum Gasteiger partial charge on any atom is 0.508 e. The molecule has 0 saturated heterocycles. The summed E-state index contributed by atoms with van der Waals surface area (Å²) in [6, 6.07) is 0. The molecule has 5 atom stereocenters. The second-order valence-corrected chi connectivity index (χ2v) is 15.3. The van der Waals surface area contributed by atoms with Gasteiger partial charge in [-0.15, -0.1) is 11.3 Å². The van der Waals surface area contributed by atoms with Crippen LogP contribution in [0.3, 0.4) is 0 Å². The minimum absolute atomic E-state index is 0.0417. The van der Waals surface area contributed by atoms with Gasteiger partial charge in [0.2, 0.25) is 3.79 Å². The van der Waals surface area contributed by atoms with Gasteiger partial charge in [0, 0.05) is 23.6 Å². The van der Waals surface area contributed by atoms with E-state index in [-0.39, 0.29) is 24.0 Å². The first-order chi connectivity index (χ1) is 19.4. The van der Waals surface area contributed by atoms with Crippen molar-refractivity contribution in [1.29, 1.82) is 0 Å². The molecule has 1 aromatic rings. The number of carbonyl (C=O) groups is 3. The highest BCUT2D eigenvalue weighted by molar-refractivity contribution is 7.09. The molecule has 7 nitrogen and oxygen atoms in total. The van der Waals surface area contributed by atoms with Crippen molar-refractivity contribution < 1.29 is 28.6 Å². The number of cyclic esters (lactones) is 1. The van der Waals surface area contributed by atoms with Crippen molar-refractivity contribution in [2.24, 2.45) is 23.2 Å². The summed E-state index contributed by atoms with van der Waals surface area (Å²) >= 11 is 18.7. The Morgan fingerprint density at radius 2 is 1.86 bits per heavy atom. The van der Waals surface area contributed by atoms with Gasteiger partial charge in [-0.3, -0.25) is 9.59 Å². The zero-order chi connectivity index (χ0) is 31.8. The van der Waals surface area contributed by atoms with Gasteiger partial charge in [0.15, 0.2) is 0 Å². The number of hydrogen-bond donors (Lipinski definition) is 0. The first-order valence-electron chi connectivity index (χ1n) is 14.0. The van der Waals surface area contributed by atoms with Gasteiger partial charge in [-0.25, -0.2) is 9.78 Å². The highest BCUT2D eigenvalue weighted by Gasteiger charge is 2.43. The van der Waals surface area contributed by atoms with E-state index in [0.29, 0.717) is 12.8 Å². The first-order valence-corrected chi connectivity index (χ1v) is 16.0. The summed E-state index contributed by atoms with van der Waals surface area (Å²) in [6.45, 7) is 14.4. The third-order valence-electron chi connectivity index (χ3n) is 7.73. The van der Waals surface area contributed by atoms with Crippen molar-refractivity contribution in [3.63, 3.8) is 0 Å². The molecule has 1 aromatic heterocycles. The maximum absolute atomic E-state index is 13.9. The Morgan fingerprint density at radius 3 is 2.45 bits per heavy atom. The number of alkyl halides is 3. The fraction of sp³-hybridized carbons (Fsp3) is 0.613. The Morgan fingerprint density at radius 1 is 1.19 bits per heavy atom. The van der Waals surface area contributed by atoms with Gasteiger partial charge in [0.25, 0.3) is 0 Å². The van der Waals surface area contributed by atoms with Crippen molar-refractivity contribution in [1.82, 2.24) is 4.98 Å². The number of rotatable bonds is 4. The van der Waals surface area contributed by atoms with Crippen LogP contribution in [-0.4, -0.2) is 45.5 Å². The number of hydrogen-bond acceptors (Lipinski definition) is 8. The molecule has 234 valence electrons. The van der Waals surface area contributed by atoms with Crippen LogP contribution in [0.15, 0.2) is 34.8 Å². The van der Waals surface area contributed by atoms with Crippen LogP contribution in [-0.2, 0) is 23.8 Å². The van der Waals surface area contributed by atoms with Crippen molar-refractivity contribution in [3.05, 3.63) is 45.5 Å². The molecule has 2 heterocycles. The van der Waals surface area contributed by atoms with Crippen molar-refractivity contribution in [2.45, 2.75) is 90.7 Å². The molecule has 0 aromatic carbocycles. The van der Waals surface area contributed by atoms with Gasteiger partial charge in [-0.1, -0.05) is 93.2 Å². The number of ketones is 1. The number of ether oxygens (including phenoxy) is 3. The number of aromatic nitrogens is 1. The molecule has 0 aliphatic carbocycles. The van der Waals surface area contributed by atoms with E-state index in [1.54, 1.807) is 32.1 Å². The molecule has 0 bridgehead atoms. The molecule has 0 saturated carbocycles. The second kappa shape index (κ2) is 15.7. The van der Waals surface area contributed by atoms with E-state index in [4.69, 9.17) is 49.0 Å². The molecule has 1 aliphatic heterocycles. The second-order valence-electron chi connectivity index (χ2n) is 11.7. The Balaban J connectivity index is 2.40. The minimum Gasteiger partial charge on any atom is -0.457 e. The van der Waals surface area contributed by atoms with E-state index in [0.717, 1.165) is 21.8 Å². The Kier molecular flexibility index (Phi) is 13.6. The van der Waals surface area contributed by atoms with E-state index in [2.05, 4.69) is 4.98 Å². The SMILES string of the molecule is CC1=C/C[C@@H](/C(C)=C/c2csc(C)n2)OC(=O)C[C@H](C)C(C)(C)C(=O)[C@H](C)[C@@H](OC(=O)OCC(Cl)(Cl)Cl)[C@@H](C)C\C=C\1. The van der Waals surface area contributed by atoms with Crippen LogP contribution in [0, 0.1) is 30.1 Å². The standard InChI is InChI=1S/C31H42Cl3NO6S/c1-18-10-9-11-19(2)27(41-29(38)39-17-31(32,33)34)22(5)28(37)30(7,8)21(4)15-26(36)40-25(13-12-18)20(3)14-24-16-42-23(6)35-24/h9-10,12,14,16,19,21-22,25,27H,11,13,15,17H2,1-8H3/b10-9+,18-12-,20-14+/t19-,21-,22+,25-,27-/m0/s1. The van der Waals surface area contributed by atoms with Crippen molar-refractivity contribution >= 4 is 70.1 Å². The lowest BCUT2D eigenvalue weighted by molar-refractivity contribution is -0.150. The van der Waals surface area contributed by atoms with E-state index in [9.17, 15) is 14.4 Å². The topological polar surface area (TPSA) is 91.8 Å². The average molecular weight is 663 g/mol. The van der Waals surface area contributed by atoms with Crippen LogP contribution in [0.1, 0.15) is 78.4 Å². The normalized spacial score (nSPS) is 28.8. The Hall–Kier alpha value is -1.87. The fourth-order valence-corrected chi connectivity index (χ4v) is 5.48. The van der Waals surface area contributed by atoms with Gasteiger partial charge >= 0.3 is 12.1 Å². The van der Waals surface area contributed by atoms with E-state index >= 15 is 0 Å². The van der Waals surface area contributed by atoms with Gasteiger partial charge in [0.05, 0.1) is 16.6 Å². The zero-order valence-electron chi connectivity index (χ0n) is 25.5. The summed E-state index contributed by atoms with van der Waals surface area (Å²) in [7, 11) is 0. The lowest BCUT2D eigenvalue weighted by Gasteiger charge is -2.36. The van der Waals surface area contributed by atoms with Gasteiger partial charge in [-0.05, 0) is 50.7 Å². The number of carbonyl (C=O) groups excluding carboxylic acids is 3. The Bertz CT molecular complexity index is 1200. The number of esters is 1. The molecular formula is C31H42Cl3NO6S. The molecule has 2 rings (SSSR count). The molecule has 0 spiro atoms. The number of Topliss-reactive ketones (excluding diaryl/α,β-unsaturated/α-hetero) is 1. The first kappa shape index (κ1) is 36.3. The lowest BCUT2D eigenvalue weighted by atomic mass is 9.69. The number of nitrogens with zero attached hydrogens (tertiary/aromatic N) is 1. The largest absolute Gasteiger partial charge is 0.508 e. The maximum atomic E-state index is 13.9. The number of thiazole rings is 1. The summed E-state index contributed by atoms with van der Waals surface area (Å²) < 4.78 is 14.8. The highest BCUT2D eigenvalue weighted by Crippen LogP contribution is 2.37. The van der Waals surface area contributed by atoms with Crippen LogP contribution in [0.5, 0.6) is 0 Å². The zero-order valence-corrected chi connectivity index (χ0v) is 28.6. The summed E-state index contributed by atoms with van der Waals surface area (Å²) in [5.74, 6) is -1.84. The summed E-state index contributed by atoms with van der Waals surface area (Å²) in [6.07, 6.45) is 6.64. The van der Waals surface area contributed by atoms with E-state index in [1.165, 1.54) is 0 Å². The van der Waals surface area contributed by atoms with Crippen molar-refractivity contribution in [2.75, 3.05) is 6.61 Å². The third kappa shape index (κ3) is 11.3. The van der Waals surface area contributed by atoms with Crippen LogP contribution >= 0.6 is 46.1 Å². The van der Waals surface area contributed by atoms with Gasteiger partial charge in [-0.2, -0.15) is 0 Å². The number of allylic oxidation sites excluding steroid dienone is 3. The van der Waals surface area contributed by atoms with Crippen LogP contribution in [0.25, 0.3) is 6.08 Å². The predicted octanol–water partition coefficient (Wildman–Crippen LogP) is 8.85. The Labute approximate surface area is 268 Å². The molecule has 11 heteroatoms. The van der Waals surface area contributed by atoms with Gasteiger partial charge in [0.1, 0.15) is 24.6 Å². The predicted molar refractivity (Wildman–Crippen MR) is 170 cm³/mol. The summed E-state index contributed by atoms with van der Waals surface area (Å²) in [5.41, 5.74) is 1.76. The minimum atomic E-state index is -1.79. The fourth-order valence-electron chi connectivity index (χ4n) is 4.75. The molecule has 0 unspecified atom stereocenters. The van der Waals surface area contributed by atoms with E-state index in [1.807, 2.05) is 64.3 Å². The molecule has 0 fully saturated rings. The number of aryl methyl sites for hydroxylation is 1. The average Bonchev–Trinajstić information content (AvgIpc) is 3.30. The smallest absolute Gasteiger partial charge is 0.457 e. The highest BCUT2D eigenvalue weighted by atomic mass is 35.6. The van der Waals surface area contributed by atoms with Crippen LogP contribution in [0.4, 0.5) is 4.79 Å². The van der Waals surface area contributed by atoms with Crippen LogP contribution in [0.2, 0.25) is 0 Å². The molecule has 42 heavy (non-hydrogen) atoms. The van der Waals surface area contributed by atoms with Gasteiger partial charge < -0.3 is 14.2 Å².